The van der Waals surface area contributed by atoms with Gasteiger partial charge >= 0.3 is 18.0 Å². The van der Waals surface area contributed by atoms with Gasteiger partial charge in [0.1, 0.15) is 17.4 Å². The van der Waals surface area contributed by atoms with Crippen molar-refractivity contribution in [3.05, 3.63) is 71.0 Å². The molecule has 2 heterocycles. The lowest BCUT2D eigenvalue weighted by Crippen LogP contribution is -2.74. The molecule has 6 rings (SSSR count). The molecule has 1 unspecified atom stereocenters. The highest BCUT2D eigenvalue weighted by Crippen LogP contribution is 2.65. The van der Waals surface area contributed by atoms with Gasteiger partial charge in [-0.2, -0.15) is 0 Å². The van der Waals surface area contributed by atoms with E-state index in [1.54, 1.807) is 32.9 Å². The second kappa shape index (κ2) is 13.3. The van der Waals surface area contributed by atoms with Crippen molar-refractivity contribution in [2.45, 2.75) is 101 Å². The molecule has 268 valence electrons. The van der Waals surface area contributed by atoms with Crippen LogP contribution in [0.3, 0.4) is 0 Å². The van der Waals surface area contributed by atoms with Crippen LogP contribution in [0.25, 0.3) is 0 Å². The van der Waals surface area contributed by atoms with Crippen molar-refractivity contribution in [3.8, 4) is 11.5 Å². The fraction of sp³-hybridized carbons (Fsp3) is 0.514. The largest absolute Gasteiger partial charge is 0.504 e. The highest BCUT2D eigenvalue weighted by atomic mass is 16.6. The molecule has 1 fully saturated rings. The highest BCUT2D eigenvalue weighted by Gasteiger charge is 2.72. The number of rotatable bonds is 10. The first-order valence-electron chi connectivity index (χ1n) is 17.0. The Labute approximate surface area is 290 Å². The van der Waals surface area contributed by atoms with Gasteiger partial charge in [0, 0.05) is 31.0 Å². The Bertz CT molecular complexity index is 1700. The molecule has 2 amide bonds. The molecule has 0 saturated carbocycles. The minimum absolute atomic E-state index is 0.0423. The summed E-state index contributed by atoms with van der Waals surface area (Å²) in [4.78, 5) is 53.6. The fourth-order valence-electron chi connectivity index (χ4n) is 7.86. The summed E-state index contributed by atoms with van der Waals surface area (Å²) in [6, 6.07) is 11.4. The summed E-state index contributed by atoms with van der Waals surface area (Å²) in [5.41, 5.74) is -0.330. The summed E-state index contributed by atoms with van der Waals surface area (Å²) in [5, 5.41) is 28.2. The van der Waals surface area contributed by atoms with Crippen molar-refractivity contribution in [1.82, 2.24) is 15.5 Å². The normalized spacial score (nSPS) is 25.9. The zero-order valence-electron chi connectivity index (χ0n) is 29.0. The van der Waals surface area contributed by atoms with Crippen molar-refractivity contribution in [1.29, 1.82) is 0 Å². The molecule has 2 aliphatic carbocycles. The average Bonchev–Trinajstić information content (AvgIpc) is 3.41. The number of hydrogen-bond donors (Lipinski definition) is 4. The van der Waals surface area contributed by atoms with Crippen molar-refractivity contribution in [2.75, 3.05) is 20.1 Å². The molecule has 0 aromatic heterocycles. The van der Waals surface area contributed by atoms with Gasteiger partial charge in [-0.1, -0.05) is 36.4 Å². The molecule has 13 heteroatoms. The van der Waals surface area contributed by atoms with E-state index >= 15 is 0 Å². The third-order valence-electron chi connectivity index (χ3n) is 10.1. The van der Waals surface area contributed by atoms with E-state index in [1.807, 2.05) is 43.4 Å². The van der Waals surface area contributed by atoms with Crippen molar-refractivity contribution < 1.29 is 48.3 Å². The number of ether oxygens (including phenoxy) is 4. The van der Waals surface area contributed by atoms with Gasteiger partial charge < -0.3 is 44.7 Å². The van der Waals surface area contributed by atoms with Crippen LogP contribution in [0, 0.1) is 0 Å². The molecule has 6 atom stereocenters. The molecule has 13 nitrogen and oxygen atoms in total. The molecule has 1 saturated heterocycles. The zero-order chi connectivity index (χ0) is 36.0. The summed E-state index contributed by atoms with van der Waals surface area (Å²) < 4.78 is 22.8. The van der Waals surface area contributed by atoms with Gasteiger partial charge in [0.2, 0.25) is 5.91 Å². The second-order valence-electron chi connectivity index (χ2n) is 14.6. The Hall–Kier alpha value is -4.62. The Balaban J connectivity index is 1.06. The number of carbonyl (C=O) groups is 4. The minimum atomic E-state index is -1.29. The SMILES string of the molecule is C[C@H](OC(=O)CCNC(=O)[C@H](Cc1ccccc1)NC(=O)OC(C)(C)C)C(=O)OC1=CC[C@]2(O)C3Cc4ccc(O)c5c4[C@@]2(CCN3C)[C@H]1O5. The standard InChI is InChI=1S/C37H45N3O10/c1-21(47-28(42)14-17-38-32(43)24(19-22-9-7-6-8-10-22)39-34(45)50-35(2,3)4)33(44)48-26-13-15-37(46)27-20-23-11-12-25(41)30-29(23)36(37,31(26)49-30)16-18-40(27)5/h6-13,21,24,27,31,41,46H,14-20H2,1-5H3,(H,38,43)(H,39,45)/t21-,24-,27?,31-,36-,37-/m0/s1. The number of alkyl carbamates (subject to hydrolysis) is 1. The number of benzene rings is 2. The van der Waals surface area contributed by atoms with Gasteiger partial charge in [-0.05, 0) is 77.4 Å². The molecular weight excluding hydrogens is 646 g/mol. The Morgan fingerprint density at radius 2 is 1.86 bits per heavy atom. The molecule has 2 aromatic rings. The van der Waals surface area contributed by atoms with E-state index in [-0.39, 0.29) is 43.4 Å². The number of carbonyl (C=O) groups excluding carboxylic acids is 4. The first-order chi connectivity index (χ1) is 23.6. The second-order valence-corrected chi connectivity index (χ2v) is 14.6. The number of likely N-dealkylation sites (N-methyl/N-ethyl adjacent to an activating group) is 1. The van der Waals surface area contributed by atoms with Crippen molar-refractivity contribution in [3.63, 3.8) is 0 Å². The lowest BCUT2D eigenvalue weighted by molar-refractivity contribution is -0.175. The van der Waals surface area contributed by atoms with Crippen molar-refractivity contribution in [2.24, 2.45) is 0 Å². The number of nitrogens with zero attached hydrogens (tertiary/aromatic N) is 1. The van der Waals surface area contributed by atoms with Crippen LogP contribution < -0.4 is 15.4 Å². The average molecular weight is 692 g/mol. The van der Waals surface area contributed by atoms with Crippen LogP contribution in [0.1, 0.15) is 63.6 Å². The number of aromatic hydroxyl groups is 1. The van der Waals surface area contributed by atoms with E-state index in [0.29, 0.717) is 25.1 Å². The summed E-state index contributed by atoms with van der Waals surface area (Å²) in [5.74, 6) is -1.64. The number of likely N-dealkylation sites (tertiary alicyclic amines) is 1. The van der Waals surface area contributed by atoms with E-state index in [4.69, 9.17) is 18.9 Å². The smallest absolute Gasteiger partial charge is 0.408 e. The number of phenols is 1. The van der Waals surface area contributed by atoms with Gasteiger partial charge in [0.15, 0.2) is 23.7 Å². The third-order valence-corrected chi connectivity index (χ3v) is 10.1. The van der Waals surface area contributed by atoms with Gasteiger partial charge in [-0.3, -0.25) is 9.59 Å². The van der Waals surface area contributed by atoms with Crippen LogP contribution in [-0.2, 0) is 46.9 Å². The summed E-state index contributed by atoms with van der Waals surface area (Å²) >= 11 is 0. The van der Waals surface area contributed by atoms with E-state index < -0.39 is 58.8 Å². The molecule has 4 aliphatic rings. The van der Waals surface area contributed by atoms with Crippen molar-refractivity contribution >= 4 is 23.9 Å². The predicted octanol–water partition coefficient (Wildman–Crippen LogP) is 2.79. The van der Waals surface area contributed by atoms with Crippen LogP contribution in [-0.4, -0.2) is 94.7 Å². The van der Waals surface area contributed by atoms with Crippen LogP contribution in [0.15, 0.2) is 54.3 Å². The topological polar surface area (TPSA) is 173 Å². The number of phenolic OH excluding ortho intramolecular Hbond substituents is 1. The van der Waals surface area contributed by atoms with Gasteiger partial charge in [0.25, 0.3) is 0 Å². The van der Waals surface area contributed by atoms with Crippen LogP contribution >= 0.6 is 0 Å². The lowest BCUT2D eigenvalue weighted by Gasteiger charge is -2.61. The van der Waals surface area contributed by atoms with Gasteiger partial charge in [0.05, 0.1) is 17.4 Å². The molecule has 1 spiro atoms. The molecule has 0 radical (unpaired) electrons. The molecule has 2 aliphatic heterocycles. The molecule has 2 aromatic carbocycles. The first-order valence-corrected chi connectivity index (χ1v) is 17.0. The number of nitrogens with one attached hydrogen (secondary N) is 2. The minimum Gasteiger partial charge on any atom is -0.504 e. The van der Waals surface area contributed by atoms with Gasteiger partial charge in [-0.25, -0.2) is 9.59 Å². The summed E-state index contributed by atoms with van der Waals surface area (Å²) in [6.07, 6.45) is 0.0326. The quantitative estimate of drug-likeness (QED) is 0.213. The Morgan fingerprint density at radius 1 is 1.12 bits per heavy atom. The summed E-state index contributed by atoms with van der Waals surface area (Å²) in [7, 11) is 1.98. The molecule has 2 bridgehead atoms. The van der Waals surface area contributed by atoms with E-state index in [1.165, 1.54) is 6.92 Å². The number of piperidine rings is 1. The number of esters is 2. The van der Waals surface area contributed by atoms with E-state index in [0.717, 1.165) is 16.7 Å². The molecule has 4 N–H and O–H groups in total. The fourth-order valence-corrected chi connectivity index (χ4v) is 7.86. The Kier molecular flexibility index (Phi) is 9.33. The van der Waals surface area contributed by atoms with E-state index in [9.17, 15) is 29.4 Å². The maximum atomic E-state index is 13.2. The monoisotopic (exact) mass is 691 g/mol. The number of hydrogen-bond acceptors (Lipinski definition) is 11. The Morgan fingerprint density at radius 3 is 2.58 bits per heavy atom. The number of amides is 2. The van der Waals surface area contributed by atoms with Gasteiger partial charge in [-0.15, -0.1) is 0 Å². The maximum Gasteiger partial charge on any atom is 0.408 e. The predicted molar refractivity (Wildman–Crippen MR) is 179 cm³/mol. The molecule has 50 heavy (non-hydrogen) atoms. The zero-order valence-corrected chi connectivity index (χ0v) is 29.0. The lowest BCUT2D eigenvalue weighted by atomic mass is 9.50. The van der Waals surface area contributed by atoms with E-state index in [2.05, 4.69) is 15.5 Å². The molecular formula is C37H45N3O10. The summed E-state index contributed by atoms with van der Waals surface area (Å²) in [6.45, 7) is 7.11. The first kappa shape index (κ1) is 35.2. The third kappa shape index (κ3) is 6.39. The maximum absolute atomic E-state index is 13.2. The number of aliphatic hydroxyl groups is 1. The van der Waals surface area contributed by atoms with Crippen LogP contribution in [0.5, 0.6) is 11.5 Å². The van der Waals surface area contributed by atoms with Crippen LogP contribution in [0.4, 0.5) is 4.79 Å². The van der Waals surface area contributed by atoms with Crippen LogP contribution in [0.2, 0.25) is 0 Å². The highest BCUT2D eigenvalue weighted by molar-refractivity contribution is 5.86.